The molecule has 0 amide bonds. The molecule has 2 heterocycles. The summed E-state index contributed by atoms with van der Waals surface area (Å²) in [4.78, 5) is 23.8. The first-order chi connectivity index (χ1) is 6.75. The second-order valence-electron chi connectivity index (χ2n) is 3.04. The summed E-state index contributed by atoms with van der Waals surface area (Å²) in [5.41, 5.74) is -1.23. The molecular weight excluding hydrogens is 188 g/mol. The first-order valence-electron chi connectivity index (χ1n) is 4.32. The van der Waals surface area contributed by atoms with Crippen molar-refractivity contribution >= 4 is 0 Å². The van der Waals surface area contributed by atoms with E-state index in [1.54, 1.807) is 0 Å². The largest absolute Gasteiger partial charge is 0.468 e. The number of ether oxygens (including phenoxy) is 1. The minimum Gasteiger partial charge on any atom is -0.468 e. The van der Waals surface area contributed by atoms with Crippen LogP contribution >= 0.6 is 0 Å². The Morgan fingerprint density at radius 3 is 2.93 bits per heavy atom. The molecule has 0 saturated carbocycles. The quantitative estimate of drug-likeness (QED) is 0.520. The summed E-state index contributed by atoms with van der Waals surface area (Å²) in [5, 5.41) is 8.70. The second kappa shape index (κ2) is 3.62. The van der Waals surface area contributed by atoms with Gasteiger partial charge in [0.25, 0.3) is 5.88 Å². The molecule has 76 valence electrons. The zero-order valence-corrected chi connectivity index (χ0v) is 7.37. The van der Waals surface area contributed by atoms with Crippen molar-refractivity contribution in [2.24, 2.45) is 0 Å². The maximum absolute atomic E-state index is 11.1. The fourth-order valence-electron chi connectivity index (χ4n) is 1.30. The molecule has 1 aromatic heterocycles. The molecule has 1 aromatic rings. The average Bonchev–Trinajstić information content (AvgIpc) is 2.62. The predicted octanol–water partition coefficient (Wildman–Crippen LogP) is -1.80. The molecule has 0 radical (unpaired) electrons. The van der Waals surface area contributed by atoms with Crippen LogP contribution in [0.2, 0.25) is 0 Å². The number of H-pyrrole nitrogens is 2. The van der Waals surface area contributed by atoms with Crippen LogP contribution < -0.4 is 21.3 Å². The van der Waals surface area contributed by atoms with Gasteiger partial charge >= 0.3 is 11.2 Å². The lowest BCUT2D eigenvalue weighted by Crippen LogP contribution is -2.29. The summed E-state index contributed by atoms with van der Waals surface area (Å²) in [6.07, 6.45) is 0.787. The van der Waals surface area contributed by atoms with Crippen molar-refractivity contribution in [3.63, 3.8) is 0 Å². The molecule has 1 unspecified atom stereocenters. The Hall–Kier alpha value is -1.63. The van der Waals surface area contributed by atoms with Gasteiger partial charge in [-0.1, -0.05) is 0 Å². The van der Waals surface area contributed by atoms with Crippen molar-refractivity contribution in [1.82, 2.24) is 20.5 Å². The Labute approximate surface area is 78.5 Å². The van der Waals surface area contributed by atoms with Gasteiger partial charge in [-0.25, -0.2) is 9.89 Å². The molecular formula is C7H10N4O3. The van der Waals surface area contributed by atoms with Crippen LogP contribution in [-0.2, 0) is 0 Å². The van der Waals surface area contributed by atoms with Crippen molar-refractivity contribution in [3.8, 4) is 5.88 Å². The maximum Gasteiger partial charge on any atom is 0.342 e. The van der Waals surface area contributed by atoms with Gasteiger partial charge in [0.05, 0.1) is 0 Å². The number of nitrogens with zero attached hydrogens (tertiary/aromatic N) is 1. The minimum absolute atomic E-state index is 0.0468. The molecule has 0 bridgehead atoms. The third-order valence-electron chi connectivity index (χ3n) is 1.97. The van der Waals surface area contributed by atoms with Crippen molar-refractivity contribution in [1.29, 1.82) is 0 Å². The van der Waals surface area contributed by atoms with E-state index in [-0.39, 0.29) is 12.0 Å². The van der Waals surface area contributed by atoms with Crippen molar-refractivity contribution < 1.29 is 4.74 Å². The first kappa shape index (κ1) is 8.95. The Balaban J connectivity index is 2.16. The summed E-state index contributed by atoms with van der Waals surface area (Å²) in [6.45, 7) is 1.56. The van der Waals surface area contributed by atoms with Crippen LogP contribution in [0.3, 0.4) is 0 Å². The molecule has 0 spiro atoms. The Morgan fingerprint density at radius 1 is 1.43 bits per heavy atom. The van der Waals surface area contributed by atoms with Crippen LogP contribution in [0.25, 0.3) is 0 Å². The highest BCUT2D eigenvalue weighted by atomic mass is 16.5. The van der Waals surface area contributed by atoms with E-state index in [4.69, 9.17) is 4.74 Å². The van der Waals surface area contributed by atoms with Gasteiger partial charge in [-0.05, 0) is 13.0 Å². The van der Waals surface area contributed by atoms with E-state index < -0.39 is 11.2 Å². The second-order valence-corrected chi connectivity index (χ2v) is 3.04. The standard InChI is InChI=1S/C7H10N4O3/c12-5-6(10-11-7(13)9-5)14-4-1-2-8-3-4/h4,8H,1-3H2,(H2,9,11,12,13). The highest BCUT2D eigenvalue weighted by Gasteiger charge is 2.18. The van der Waals surface area contributed by atoms with Crippen LogP contribution in [0.4, 0.5) is 0 Å². The smallest absolute Gasteiger partial charge is 0.342 e. The molecule has 7 heteroatoms. The third kappa shape index (κ3) is 1.82. The van der Waals surface area contributed by atoms with Gasteiger partial charge in [0, 0.05) is 6.54 Å². The SMILES string of the molecule is O=c1[nH]nc(OC2CCNC2)c(=O)[nH]1. The molecule has 14 heavy (non-hydrogen) atoms. The molecule has 1 saturated heterocycles. The molecule has 0 aromatic carbocycles. The number of aromatic amines is 2. The summed E-state index contributed by atoms with van der Waals surface area (Å²) in [5.74, 6) is -0.0849. The third-order valence-corrected chi connectivity index (χ3v) is 1.97. The fraction of sp³-hybridized carbons (Fsp3) is 0.571. The molecule has 1 fully saturated rings. The van der Waals surface area contributed by atoms with Crippen LogP contribution in [0, 0.1) is 0 Å². The minimum atomic E-state index is -0.633. The normalized spacial score (nSPS) is 21.0. The van der Waals surface area contributed by atoms with Crippen molar-refractivity contribution in [3.05, 3.63) is 20.8 Å². The maximum atomic E-state index is 11.1. The van der Waals surface area contributed by atoms with Crippen LogP contribution in [0.1, 0.15) is 6.42 Å². The van der Waals surface area contributed by atoms with Gasteiger partial charge in [0.1, 0.15) is 6.10 Å². The lowest BCUT2D eigenvalue weighted by molar-refractivity contribution is 0.207. The zero-order valence-electron chi connectivity index (χ0n) is 7.37. The Bertz CT molecular complexity index is 417. The molecule has 2 rings (SSSR count). The topological polar surface area (TPSA) is 99.9 Å². The van der Waals surface area contributed by atoms with Crippen LogP contribution in [0.15, 0.2) is 9.59 Å². The van der Waals surface area contributed by atoms with Crippen molar-refractivity contribution in [2.75, 3.05) is 13.1 Å². The van der Waals surface area contributed by atoms with E-state index in [0.29, 0.717) is 6.54 Å². The van der Waals surface area contributed by atoms with E-state index in [9.17, 15) is 9.59 Å². The highest BCUT2D eigenvalue weighted by Crippen LogP contribution is 2.04. The molecule has 1 aliphatic heterocycles. The van der Waals surface area contributed by atoms with E-state index in [1.165, 1.54) is 0 Å². The van der Waals surface area contributed by atoms with Crippen LogP contribution in [0.5, 0.6) is 5.88 Å². The van der Waals surface area contributed by atoms with Gasteiger partial charge in [0.2, 0.25) is 0 Å². The number of rotatable bonds is 2. The van der Waals surface area contributed by atoms with Gasteiger partial charge in [-0.3, -0.25) is 9.78 Å². The average molecular weight is 198 g/mol. The molecule has 1 atom stereocenters. The molecule has 1 aliphatic rings. The molecule has 3 N–H and O–H groups in total. The van der Waals surface area contributed by atoms with Gasteiger partial charge in [-0.15, -0.1) is 5.10 Å². The van der Waals surface area contributed by atoms with Gasteiger partial charge < -0.3 is 10.1 Å². The summed E-state index contributed by atoms with van der Waals surface area (Å²) < 4.78 is 5.27. The Kier molecular flexibility index (Phi) is 2.32. The number of aromatic nitrogens is 3. The zero-order chi connectivity index (χ0) is 9.97. The Morgan fingerprint density at radius 2 is 2.29 bits per heavy atom. The first-order valence-corrected chi connectivity index (χ1v) is 4.32. The fourth-order valence-corrected chi connectivity index (χ4v) is 1.30. The summed E-state index contributed by atoms with van der Waals surface area (Å²) in [6, 6.07) is 0. The lowest BCUT2D eigenvalue weighted by Gasteiger charge is -2.08. The summed E-state index contributed by atoms with van der Waals surface area (Å²) >= 11 is 0. The number of hydrogen-bond donors (Lipinski definition) is 3. The van der Waals surface area contributed by atoms with Gasteiger partial charge in [-0.2, -0.15) is 0 Å². The predicted molar refractivity (Wildman–Crippen MR) is 47.4 cm³/mol. The summed E-state index contributed by atoms with van der Waals surface area (Å²) in [7, 11) is 0. The van der Waals surface area contributed by atoms with E-state index >= 15 is 0 Å². The van der Waals surface area contributed by atoms with Crippen molar-refractivity contribution in [2.45, 2.75) is 12.5 Å². The molecule has 0 aliphatic carbocycles. The monoisotopic (exact) mass is 198 g/mol. The van der Waals surface area contributed by atoms with E-state index in [0.717, 1.165) is 13.0 Å². The van der Waals surface area contributed by atoms with Crippen LogP contribution in [-0.4, -0.2) is 34.4 Å². The van der Waals surface area contributed by atoms with Gasteiger partial charge in [0.15, 0.2) is 0 Å². The number of hydrogen-bond acceptors (Lipinski definition) is 5. The van der Waals surface area contributed by atoms with E-state index in [2.05, 4.69) is 15.5 Å². The number of nitrogens with one attached hydrogen (secondary N) is 3. The lowest BCUT2D eigenvalue weighted by atomic mass is 10.3. The molecule has 7 nitrogen and oxygen atoms in total. The van der Waals surface area contributed by atoms with E-state index in [1.807, 2.05) is 4.98 Å². The highest BCUT2D eigenvalue weighted by molar-refractivity contribution is 5.00.